The quantitative estimate of drug-likeness (QED) is 0.879. The molecule has 2 rings (SSSR count). The highest BCUT2D eigenvalue weighted by Gasteiger charge is 2.21. The summed E-state index contributed by atoms with van der Waals surface area (Å²) in [4.78, 5) is 14.6. The first-order valence-corrected chi connectivity index (χ1v) is 6.64. The SMILES string of the molecule is CCC(C)n1c2c(cc(CO)c1=O)CN(C)CC2. The number of rotatable bonds is 3. The highest BCUT2D eigenvalue weighted by atomic mass is 16.3. The van der Waals surface area contributed by atoms with E-state index in [0.717, 1.165) is 31.6 Å². The molecule has 1 aliphatic heterocycles. The van der Waals surface area contributed by atoms with Crippen molar-refractivity contribution >= 4 is 0 Å². The number of aliphatic hydroxyl groups is 1. The number of nitrogens with zero attached hydrogens (tertiary/aromatic N) is 2. The fourth-order valence-corrected chi connectivity index (χ4v) is 2.63. The molecule has 4 heteroatoms. The zero-order chi connectivity index (χ0) is 13.3. The molecule has 0 bridgehead atoms. The normalized spacial score (nSPS) is 17.6. The Labute approximate surface area is 108 Å². The van der Waals surface area contributed by atoms with Crippen molar-refractivity contribution in [2.24, 2.45) is 0 Å². The number of likely N-dealkylation sites (N-methyl/N-ethyl adjacent to an activating group) is 1. The van der Waals surface area contributed by atoms with Gasteiger partial charge in [0.05, 0.1) is 6.61 Å². The molecule has 0 aliphatic carbocycles. The van der Waals surface area contributed by atoms with Crippen LogP contribution in [0.15, 0.2) is 10.9 Å². The van der Waals surface area contributed by atoms with Crippen molar-refractivity contribution in [3.05, 3.63) is 33.2 Å². The molecule has 1 unspecified atom stereocenters. The molecule has 0 radical (unpaired) electrons. The maximum atomic E-state index is 12.3. The third-order valence-corrected chi connectivity index (χ3v) is 3.88. The predicted octanol–water partition coefficient (Wildman–Crippen LogP) is 1.30. The van der Waals surface area contributed by atoms with E-state index in [9.17, 15) is 9.90 Å². The summed E-state index contributed by atoms with van der Waals surface area (Å²) in [6.45, 7) is 5.83. The molecule has 0 amide bonds. The predicted molar refractivity (Wildman–Crippen MR) is 71.7 cm³/mol. The molecule has 0 saturated carbocycles. The minimum absolute atomic E-state index is 0.0184. The van der Waals surface area contributed by atoms with E-state index < -0.39 is 0 Å². The molecule has 100 valence electrons. The first-order valence-electron chi connectivity index (χ1n) is 6.64. The Bertz CT molecular complexity index is 493. The van der Waals surface area contributed by atoms with Crippen LogP contribution < -0.4 is 5.56 Å². The largest absolute Gasteiger partial charge is 0.391 e. The molecule has 0 fully saturated rings. The summed E-state index contributed by atoms with van der Waals surface area (Å²) in [5.74, 6) is 0. The Morgan fingerprint density at radius 2 is 2.22 bits per heavy atom. The molecule has 1 aromatic rings. The van der Waals surface area contributed by atoms with Crippen LogP contribution in [0.1, 0.15) is 43.1 Å². The first kappa shape index (κ1) is 13.3. The monoisotopic (exact) mass is 250 g/mol. The molecule has 0 saturated heterocycles. The van der Waals surface area contributed by atoms with Crippen LogP contribution in [0.4, 0.5) is 0 Å². The van der Waals surface area contributed by atoms with Crippen molar-refractivity contribution in [1.82, 2.24) is 9.47 Å². The molecule has 1 aromatic heterocycles. The van der Waals surface area contributed by atoms with Gasteiger partial charge in [0.15, 0.2) is 0 Å². The molecule has 1 N–H and O–H groups in total. The maximum Gasteiger partial charge on any atom is 0.256 e. The molecule has 0 aromatic carbocycles. The average Bonchev–Trinajstić information content (AvgIpc) is 2.37. The summed E-state index contributed by atoms with van der Waals surface area (Å²) in [5, 5.41) is 9.34. The molecular weight excluding hydrogens is 228 g/mol. The third kappa shape index (κ3) is 2.22. The van der Waals surface area contributed by atoms with Gasteiger partial charge in [-0.25, -0.2) is 0 Å². The van der Waals surface area contributed by atoms with Crippen LogP contribution in [0.3, 0.4) is 0 Å². The fourth-order valence-electron chi connectivity index (χ4n) is 2.63. The molecule has 1 aliphatic rings. The number of fused-ring (bicyclic) bond motifs is 1. The summed E-state index contributed by atoms with van der Waals surface area (Å²) < 4.78 is 1.90. The summed E-state index contributed by atoms with van der Waals surface area (Å²) in [6, 6.07) is 2.08. The minimum atomic E-state index is -0.174. The van der Waals surface area contributed by atoms with Crippen LogP contribution in [0, 0.1) is 0 Å². The van der Waals surface area contributed by atoms with Gasteiger partial charge in [0.1, 0.15) is 0 Å². The van der Waals surface area contributed by atoms with Crippen molar-refractivity contribution in [2.75, 3.05) is 13.6 Å². The summed E-state index contributed by atoms with van der Waals surface area (Å²) >= 11 is 0. The maximum absolute atomic E-state index is 12.3. The van der Waals surface area contributed by atoms with E-state index in [-0.39, 0.29) is 18.2 Å². The van der Waals surface area contributed by atoms with Gasteiger partial charge in [-0.05, 0) is 32.0 Å². The van der Waals surface area contributed by atoms with Crippen molar-refractivity contribution in [2.45, 2.75) is 45.9 Å². The van der Waals surface area contributed by atoms with Crippen molar-refractivity contribution in [1.29, 1.82) is 0 Å². The standard InChI is InChI=1S/C14H22N2O2/c1-4-10(2)16-13-5-6-15(3)8-11(13)7-12(9-17)14(16)18/h7,10,17H,4-6,8-9H2,1-3H3. The highest BCUT2D eigenvalue weighted by molar-refractivity contribution is 5.29. The lowest BCUT2D eigenvalue weighted by atomic mass is 10.0. The lowest BCUT2D eigenvalue weighted by molar-refractivity contribution is 0.272. The van der Waals surface area contributed by atoms with Crippen LogP contribution in [0.25, 0.3) is 0 Å². The molecular formula is C14H22N2O2. The van der Waals surface area contributed by atoms with Gasteiger partial charge in [-0.1, -0.05) is 6.92 Å². The van der Waals surface area contributed by atoms with E-state index in [4.69, 9.17) is 0 Å². The van der Waals surface area contributed by atoms with E-state index >= 15 is 0 Å². The van der Waals surface area contributed by atoms with Crippen LogP contribution in [-0.4, -0.2) is 28.2 Å². The van der Waals surface area contributed by atoms with Crippen LogP contribution in [0.2, 0.25) is 0 Å². The summed E-state index contributed by atoms with van der Waals surface area (Å²) in [7, 11) is 2.08. The second kappa shape index (κ2) is 5.24. The van der Waals surface area contributed by atoms with Gasteiger partial charge in [0.2, 0.25) is 0 Å². The smallest absolute Gasteiger partial charge is 0.256 e. The summed E-state index contributed by atoms with van der Waals surface area (Å²) in [5.41, 5.74) is 2.84. The lowest BCUT2D eigenvalue weighted by Gasteiger charge is -2.30. The van der Waals surface area contributed by atoms with Gasteiger partial charge in [-0.3, -0.25) is 4.79 Å². The molecule has 0 spiro atoms. The lowest BCUT2D eigenvalue weighted by Crippen LogP contribution is -2.36. The first-order chi connectivity index (χ1) is 8.58. The number of hydrogen-bond donors (Lipinski definition) is 1. The van der Waals surface area contributed by atoms with Gasteiger partial charge in [0.25, 0.3) is 5.56 Å². The van der Waals surface area contributed by atoms with E-state index in [2.05, 4.69) is 25.8 Å². The van der Waals surface area contributed by atoms with E-state index in [0.29, 0.717) is 5.56 Å². The van der Waals surface area contributed by atoms with E-state index in [1.807, 2.05) is 10.6 Å². The third-order valence-electron chi connectivity index (χ3n) is 3.88. The Kier molecular flexibility index (Phi) is 3.88. The number of aromatic nitrogens is 1. The Hall–Kier alpha value is -1.13. The van der Waals surface area contributed by atoms with Crippen LogP contribution in [-0.2, 0) is 19.6 Å². The zero-order valence-electron chi connectivity index (χ0n) is 11.4. The molecule has 1 atom stereocenters. The van der Waals surface area contributed by atoms with E-state index in [1.54, 1.807) is 0 Å². The summed E-state index contributed by atoms with van der Waals surface area (Å²) in [6.07, 6.45) is 1.84. The molecule has 4 nitrogen and oxygen atoms in total. The molecule has 2 heterocycles. The van der Waals surface area contributed by atoms with Crippen molar-refractivity contribution in [3.63, 3.8) is 0 Å². The van der Waals surface area contributed by atoms with Crippen LogP contribution >= 0.6 is 0 Å². The topological polar surface area (TPSA) is 45.5 Å². The number of hydrogen-bond acceptors (Lipinski definition) is 3. The Morgan fingerprint density at radius 3 is 2.83 bits per heavy atom. The number of pyridine rings is 1. The molecule has 18 heavy (non-hydrogen) atoms. The zero-order valence-corrected chi connectivity index (χ0v) is 11.4. The van der Waals surface area contributed by atoms with E-state index in [1.165, 1.54) is 5.56 Å². The fraction of sp³-hybridized carbons (Fsp3) is 0.643. The van der Waals surface area contributed by atoms with Gasteiger partial charge < -0.3 is 14.6 Å². The minimum Gasteiger partial charge on any atom is -0.391 e. The average molecular weight is 250 g/mol. The van der Waals surface area contributed by atoms with Crippen molar-refractivity contribution in [3.8, 4) is 0 Å². The van der Waals surface area contributed by atoms with Gasteiger partial charge in [-0.2, -0.15) is 0 Å². The van der Waals surface area contributed by atoms with Gasteiger partial charge in [-0.15, -0.1) is 0 Å². The Balaban J connectivity index is 2.62. The van der Waals surface area contributed by atoms with Crippen molar-refractivity contribution < 1.29 is 5.11 Å². The van der Waals surface area contributed by atoms with Gasteiger partial charge >= 0.3 is 0 Å². The highest BCUT2D eigenvalue weighted by Crippen LogP contribution is 2.21. The second-order valence-corrected chi connectivity index (χ2v) is 5.22. The number of aliphatic hydroxyl groups excluding tert-OH is 1. The second-order valence-electron chi connectivity index (χ2n) is 5.22. The Morgan fingerprint density at radius 1 is 1.50 bits per heavy atom. The van der Waals surface area contributed by atoms with Gasteiger partial charge in [0, 0.05) is 36.8 Å². The van der Waals surface area contributed by atoms with Crippen LogP contribution in [0.5, 0.6) is 0 Å².